The van der Waals surface area contributed by atoms with Gasteiger partial charge in [0.2, 0.25) is 0 Å². The second-order valence-electron chi connectivity index (χ2n) is 6.01. The average Bonchev–Trinajstić information content (AvgIpc) is 2.48. The molecule has 1 aromatic carbocycles. The predicted octanol–water partition coefficient (Wildman–Crippen LogP) is 5.02. The zero-order valence-electron chi connectivity index (χ0n) is 13.8. The molecular weight excluding hydrogens is 256 g/mol. The van der Waals surface area contributed by atoms with Crippen molar-refractivity contribution in [3.05, 3.63) is 41.6 Å². The highest BCUT2D eigenvalue weighted by Crippen LogP contribution is 2.31. The van der Waals surface area contributed by atoms with E-state index in [-0.39, 0.29) is 0 Å². The van der Waals surface area contributed by atoms with E-state index in [2.05, 4.69) is 61.5 Å². The van der Waals surface area contributed by atoms with E-state index < -0.39 is 0 Å². The molecule has 21 heavy (non-hydrogen) atoms. The van der Waals surface area contributed by atoms with Gasteiger partial charge in [-0.2, -0.15) is 0 Å². The number of pyridine rings is 1. The molecule has 0 radical (unpaired) electrons. The molecule has 1 atom stereocenters. The topological polar surface area (TPSA) is 24.9 Å². The number of nitrogens with one attached hydrogen (secondary N) is 1. The van der Waals surface area contributed by atoms with Gasteiger partial charge >= 0.3 is 0 Å². The molecule has 0 spiro atoms. The summed E-state index contributed by atoms with van der Waals surface area (Å²) in [5, 5.41) is 4.78. The Morgan fingerprint density at radius 1 is 1.05 bits per heavy atom. The SMILES string of the molecule is CCCC(CCC)C(NC)c1ccc2nc(C)ccc2c1. The van der Waals surface area contributed by atoms with Crippen LogP contribution >= 0.6 is 0 Å². The number of fused-ring (bicyclic) bond motifs is 1. The van der Waals surface area contributed by atoms with Crippen molar-refractivity contribution in [3.63, 3.8) is 0 Å². The van der Waals surface area contributed by atoms with Crippen LogP contribution in [0.3, 0.4) is 0 Å². The minimum Gasteiger partial charge on any atom is -0.313 e. The van der Waals surface area contributed by atoms with Crippen molar-refractivity contribution in [3.8, 4) is 0 Å². The summed E-state index contributed by atoms with van der Waals surface area (Å²) in [6.07, 6.45) is 5.06. The molecule has 114 valence electrons. The molecule has 1 N–H and O–H groups in total. The molecule has 0 aliphatic carbocycles. The maximum absolute atomic E-state index is 4.60. The maximum Gasteiger partial charge on any atom is 0.0705 e. The number of aryl methyl sites for hydroxylation is 1. The Morgan fingerprint density at radius 2 is 1.76 bits per heavy atom. The van der Waals surface area contributed by atoms with E-state index in [1.807, 2.05) is 6.92 Å². The highest BCUT2D eigenvalue weighted by molar-refractivity contribution is 5.79. The molecule has 0 saturated heterocycles. The van der Waals surface area contributed by atoms with Crippen LogP contribution in [0.1, 0.15) is 56.8 Å². The Labute approximate surface area is 129 Å². The fourth-order valence-electron chi connectivity index (χ4n) is 3.33. The lowest BCUT2D eigenvalue weighted by molar-refractivity contribution is 0.331. The van der Waals surface area contributed by atoms with Crippen LogP contribution in [0, 0.1) is 12.8 Å². The van der Waals surface area contributed by atoms with Gasteiger partial charge in [0.1, 0.15) is 0 Å². The molecule has 1 aromatic heterocycles. The number of benzene rings is 1. The number of hydrogen-bond donors (Lipinski definition) is 1. The highest BCUT2D eigenvalue weighted by Gasteiger charge is 2.20. The first kappa shape index (κ1) is 16.0. The molecule has 0 aliphatic heterocycles. The first-order chi connectivity index (χ1) is 10.2. The summed E-state index contributed by atoms with van der Waals surface area (Å²) in [5.41, 5.74) is 3.56. The molecule has 2 nitrogen and oxygen atoms in total. The van der Waals surface area contributed by atoms with Crippen LogP contribution in [0.2, 0.25) is 0 Å². The summed E-state index contributed by atoms with van der Waals surface area (Å²) >= 11 is 0. The second-order valence-corrected chi connectivity index (χ2v) is 6.01. The molecule has 0 saturated carbocycles. The summed E-state index contributed by atoms with van der Waals surface area (Å²) in [6.45, 7) is 6.60. The molecule has 0 fully saturated rings. The van der Waals surface area contributed by atoms with Crippen molar-refractivity contribution >= 4 is 10.9 Å². The number of nitrogens with zero attached hydrogens (tertiary/aromatic N) is 1. The van der Waals surface area contributed by atoms with E-state index in [0.29, 0.717) is 12.0 Å². The van der Waals surface area contributed by atoms with E-state index in [0.717, 1.165) is 11.2 Å². The third kappa shape index (κ3) is 3.82. The van der Waals surface area contributed by atoms with Crippen molar-refractivity contribution in [2.24, 2.45) is 5.92 Å². The molecule has 2 aromatic rings. The lowest BCUT2D eigenvalue weighted by Gasteiger charge is -2.27. The molecule has 2 rings (SSSR count). The van der Waals surface area contributed by atoms with E-state index in [9.17, 15) is 0 Å². The predicted molar refractivity (Wildman–Crippen MR) is 91.6 cm³/mol. The first-order valence-electron chi connectivity index (χ1n) is 8.24. The Bertz CT molecular complexity index is 571. The van der Waals surface area contributed by atoms with Crippen molar-refractivity contribution in [1.29, 1.82) is 0 Å². The first-order valence-corrected chi connectivity index (χ1v) is 8.24. The summed E-state index contributed by atoms with van der Waals surface area (Å²) in [5.74, 6) is 0.709. The Balaban J connectivity index is 2.34. The van der Waals surface area contributed by atoms with Crippen molar-refractivity contribution in [2.45, 2.75) is 52.5 Å². The molecule has 1 unspecified atom stereocenters. The van der Waals surface area contributed by atoms with Gasteiger partial charge in [-0.3, -0.25) is 4.98 Å². The fourth-order valence-corrected chi connectivity index (χ4v) is 3.33. The Hall–Kier alpha value is -1.41. The lowest BCUT2D eigenvalue weighted by Crippen LogP contribution is -2.25. The van der Waals surface area contributed by atoms with Gasteiger partial charge in [0, 0.05) is 17.1 Å². The summed E-state index contributed by atoms with van der Waals surface area (Å²) in [6, 6.07) is 11.4. The molecule has 0 bridgehead atoms. The molecular formula is C19H28N2. The monoisotopic (exact) mass is 284 g/mol. The highest BCUT2D eigenvalue weighted by atomic mass is 14.9. The average molecular weight is 284 g/mol. The number of aromatic nitrogens is 1. The van der Waals surface area contributed by atoms with Crippen LogP contribution in [-0.2, 0) is 0 Å². The largest absolute Gasteiger partial charge is 0.313 e. The Morgan fingerprint density at radius 3 is 2.38 bits per heavy atom. The van der Waals surface area contributed by atoms with Gasteiger partial charge < -0.3 is 5.32 Å². The molecule has 2 heteroatoms. The second kappa shape index (κ2) is 7.56. The maximum atomic E-state index is 4.60. The zero-order valence-corrected chi connectivity index (χ0v) is 13.8. The van der Waals surface area contributed by atoms with Crippen LogP contribution in [0.4, 0.5) is 0 Å². The molecule has 1 heterocycles. The van der Waals surface area contributed by atoms with Crippen molar-refractivity contribution < 1.29 is 0 Å². The van der Waals surface area contributed by atoms with E-state index in [4.69, 9.17) is 0 Å². The number of hydrogen-bond acceptors (Lipinski definition) is 2. The normalized spacial score (nSPS) is 13.0. The van der Waals surface area contributed by atoms with Gasteiger partial charge in [-0.25, -0.2) is 0 Å². The van der Waals surface area contributed by atoms with Crippen molar-refractivity contribution in [2.75, 3.05) is 7.05 Å². The minimum absolute atomic E-state index is 0.440. The van der Waals surface area contributed by atoms with Gasteiger partial charge in [-0.05, 0) is 56.5 Å². The number of rotatable bonds is 7. The van der Waals surface area contributed by atoms with E-state index in [1.54, 1.807) is 0 Å². The van der Waals surface area contributed by atoms with Crippen LogP contribution < -0.4 is 5.32 Å². The van der Waals surface area contributed by atoms with E-state index in [1.165, 1.54) is 36.6 Å². The van der Waals surface area contributed by atoms with Gasteiger partial charge in [0.15, 0.2) is 0 Å². The van der Waals surface area contributed by atoms with Gasteiger partial charge in [0.05, 0.1) is 5.52 Å². The fraction of sp³-hybridized carbons (Fsp3) is 0.526. The van der Waals surface area contributed by atoms with Crippen LogP contribution in [0.15, 0.2) is 30.3 Å². The van der Waals surface area contributed by atoms with Gasteiger partial charge in [0.25, 0.3) is 0 Å². The third-order valence-corrected chi connectivity index (χ3v) is 4.31. The van der Waals surface area contributed by atoms with Gasteiger partial charge in [-0.15, -0.1) is 0 Å². The smallest absolute Gasteiger partial charge is 0.0705 e. The summed E-state index contributed by atoms with van der Waals surface area (Å²) in [7, 11) is 2.08. The summed E-state index contributed by atoms with van der Waals surface area (Å²) < 4.78 is 0. The van der Waals surface area contributed by atoms with Crippen LogP contribution in [0.25, 0.3) is 10.9 Å². The third-order valence-electron chi connectivity index (χ3n) is 4.31. The Kier molecular flexibility index (Phi) is 5.75. The minimum atomic E-state index is 0.440. The zero-order chi connectivity index (χ0) is 15.2. The molecule has 0 amide bonds. The van der Waals surface area contributed by atoms with E-state index >= 15 is 0 Å². The van der Waals surface area contributed by atoms with Crippen molar-refractivity contribution in [1.82, 2.24) is 10.3 Å². The van der Waals surface area contributed by atoms with Gasteiger partial charge in [-0.1, -0.05) is 38.8 Å². The molecule has 0 aliphatic rings. The quantitative estimate of drug-likeness (QED) is 0.772. The standard InChI is InChI=1S/C19H28N2/c1-5-7-15(8-6-2)19(20-4)17-11-12-18-16(13-17)10-9-14(3)21-18/h9-13,15,19-20H,5-8H2,1-4H3. The lowest BCUT2D eigenvalue weighted by atomic mass is 9.86. The summed E-state index contributed by atoms with van der Waals surface area (Å²) in [4.78, 5) is 4.60. The van der Waals surface area contributed by atoms with Crippen LogP contribution in [0.5, 0.6) is 0 Å². The van der Waals surface area contributed by atoms with Crippen LogP contribution in [-0.4, -0.2) is 12.0 Å².